The summed E-state index contributed by atoms with van der Waals surface area (Å²) in [6.45, 7) is 0. The topological polar surface area (TPSA) is 73.2 Å². The fraction of sp³-hybridized carbons (Fsp3) is 0.154. The summed E-state index contributed by atoms with van der Waals surface area (Å²) in [4.78, 5) is 23.4. The fourth-order valence-electron chi connectivity index (χ4n) is 1.59. The molecule has 6 nitrogen and oxygen atoms in total. The van der Waals surface area contributed by atoms with Crippen LogP contribution < -0.4 is 5.32 Å². The van der Waals surface area contributed by atoms with Crippen molar-refractivity contribution in [2.24, 2.45) is 7.05 Å². The van der Waals surface area contributed by atoms with Gasteiger partial charge in [0.05, 0.1) is 24.6 Å². The molecule has 2 aromatic rings. The van der Waals surface area contributed by atoms with Crippen molar-refractivity contribution < 1.29 is 14.3 Å². The van der Waals surface area contributed by atoms with E-state index in [0.717, 1.165) is 0 Å². The third-order valence-corrected chi connectivity index (χ3v) is 2.51. The first-order chi connectivity index (χ1) is 9.10. The van der Waals surface area contributed by atoms with Gasteiger partial charge in [0.1, 0.15) is 0 Å². The molecule has 1 amide bonds. The van der Waals surface area contributed by atoms with Crippen LogP contribution in [0.4, 0.5) is 5.69 Å². The van der Waals surface area contributed by atoms with Crippen molar-refractivity contribution in [3.05, 3.63) is 47.8 Å². The maximum Gasteiger partial charge on any atom is 0.337 e. The van der Waals surface area contributed by atoms with Gasteiger partial charge in [-0.15, -0.1) is 0 Å². The number of aromatic nitrogens is 2. The Morgan fingerprint density at radius 2 is 2.05 bits per heavy atom. The number of amides is 1. The van der Waals surface area contributed by atoms with E-state index in [0.29, 0.717) is 16.8 Å². The predicted molar refractivity (Wildman–Crippen MR) is 68.9 cm³/mol. The number of methoxy groups -OCH3 is 1. The molecule has 1 N–H and O–H groups in total. The number of rotatable bonds is 3. The van der Waals surface area contributed by atoms with Crippen molar-refractivity contribution in [2.45, 2.75) is 0 Å². The first kappa shape index (κ1) is 12.8. The zero-order valence-corrected chi connectivity index (χ0v) is 10.6. The van der Waals surface area contributed by atoms with E-state index in [-0.39, 0.29) is 5.91 Å². The van der Waals surface area contributed by atoms with Crippen LogP contribution in [0.25, 0.3) is 0 Å². The highest BCUT2D eigenvalue weighted by Crippen LogP contribution is 2.10. The lowest BCUT2D eigenvalue weighted by atomic mass is 10.1. The van der Waals surface area contributed by atoms with Crippen molar-refractivity contribution in [1.82, 2.24) is 9.78 Å². The smallest absolute Gasteiger partial charge is 0.337 e. The lowest BCUT2D eigenvalue weighted by Crippen LogP contribution is -2.12. The average molecular weight is 259 g/mol. The van der Waals surface area contributed by atoms with Crippen LogP contribution in [0.2, 0.25) is 0 Å². The monoisotopic (exact) mass is 259 g/mol. The fourth-order valence-corrected chi connectivity index (χ4v) is 1.59. The number of hydrogen-bond donors (Lipinski definition) is 1. The minimum atomic E-state index is -0.476. The van der Waals surface area contributed by atoms with Gasteiger partial charge in [0.15, 0.2) is 0 Å². The molecule has 1 heterocycles. The van der Waals surface area contributed by atoms with Crippen LogP contribution in [0.15, 0.2) is 36.7 Å². The summed E-state index contributed by atoms with van der Waals surface area (Å²) < 4.78 is 6.19. The summed E-state index contributed by atoms with van der Waals surface area (Å²) in [7, 11) is 3.05. The minimum absolute atomic E-state index is 0.307. The number of esters is 1. The van der Waals surface area contributed by atoms with Gasteiger partial charge in [0.2, 0.25) is 0 Å². The molecule has 19 heavy (non-hydrogen) atoms. The number of anilines is 1. The van der Waals surface area contributed by atoms with Crippen LogP contribution >= 0.6 is 0 Å². The predicted octanol–water partition coefficient (Wildman–Crippen LogP) is 1.46. The number of benzene rings is 1. The number of carbonyl (C=O) groups excluding carboxylic acids is 2. The molecule has 0 saturated heterocycles. The molecular formula is C13H13N3O3. The molecule has 0 aliphatic heterocycles. The molecule has 0 saturated carbocycles. The molecule has 1 aromatic heterocycles. The molecule has 0 spiro atoms. The Kier molecular flexibility index (Phi) is 3.61. The molecule has 0 aliphatic carbocycles. The summed E-state index contributed by atoms with van der Waals surface area (Å²) in [5.74, 6) is -0.783. The van der Waals surface area contributed by atoms with Gasteiger partial charge >= 0.3 is 5.97 Å². The van der Waals surface area contributed by atoms with E-state index in [2.05, 4.69) is 15.2 Å². The van der Waals surface area contributed by atoms with Crippen molar-refractivity contribution in [3.8, 4) is 0 Å². The molecule has 0 atom stereocenters. The van der Waals surface area contributed by atoms with Gasteiger partial charge in [-0.2, -0.15) is 5.10 Å². The Morgan fingerprint density at radius 3 is 2.68 bits per heavy atom. The van der Waals surface area contributed by atoms with E-state index < -0.39 is 5.97 Å². The van der Waals surface area contributed by atoms with E-state index in [4.69, 9.17) is 0 Å². The Hall–Kier alpha value is -2.63. The van der Waals surface area contributed by atoms with E-state index in [1.54, 1.807) is 42.3 Å². The molecule has 98 valence electrons. The number of aryl methyl sites for hydroxylation is 1. The summed E-state index contributed by atoms with van der Waals surface area (Å²) in [5, 5.41) is 6.64. The maximum atomic E-state index is 12.0. The van der Waals surface area contributed by atoms with Gasteiger partial charge in [-0.3, -0.25) is 9.48 Å². The summed E-state index contributed by atoms with van der Waals surface area (Å²) in [5.41, 5.74) is 1.31. The largest absolute Gasteiger partial charge is 0.465 e. The summed E-state index contributed by atoms with van der Waals surface area (Å²) in [6, 6.07) is 6.33. The Balaban J connectivity index is 2.17. The zero-order chi connectivity index (χ0) is 13.8. The van der Waals surface area contributed by atoms with Crippen molar-refractivity contribution in [1.29, 1.82) is 0 Å². The molecule has 0 bridgehead atoms. The van der Waals surface area contributed by atoms with Crippen LogP contribution in [0.3, 0.4) is 0 Å². The molecular weight excluding hydrogens is 246 g/mol. The third-order valence-electron chi connectivity index (χ3n) is 2.51. The van der Waals surface area contributed by atoms with Gasteiger partial charge in [-0.1, -0.05) is 6.07 Å². The highest BCUT2D eigenvalue weighted by Gasteiger charge is 2.11. The quantitative estimate of drug-likeness (QED) is 0.847. The van der Waals surface area contributed by atoms with E-state index in [9.17, 15) is 9.59 Å². The van der Waals surface area contributed by atoms with Crippen molar-refractivity contribution in [3.63, 3.8) is 0 Å². The molecule has 0 aliphatic rings. The van der Waals surface area contributed by atoms with Crippen LogP contribution in [0, 0.1) is 0 Å². The zero-order valence-electron chi connectivity index (χ0n) is 10.6. The summed E-state index contributed by atoms with van der Waals surface area (Å²) >= 11 is 0. The first-order valence-electron chi connectivity index (χ1n) is 5.58. The van der Waals surface area contributed by atoms with E-state index in [1.165, 1.54) is 13.2 Å². The maximum absolute atomic E-state index is 12.0. The first-order valence-corrected chi connectivity index (χ1v) is 5.58. The standard InChI is InChI=1S/C13H13N3O3/c1-16-8-11(7-14-16)15-12(17)9-4-3-5-10(6-9)13(18)19-2/h3-8H,1-2H3,(H,15,17). The number of nitrogens with zero attached hydrogens (tertiary/aromatic N) is 2. The van der Waals surface area contributed by atoms with Gasteiger partial charge < -0.3 is 10.1 Å². The Labute approximate surface area is 110 Å². The molecule has 1 aromatic carbocycles. The van der Waals surface area contributed by atoms with Gasteiger partial charge in [-0.05, 0) is 18.2 Å². The Bertz CT molecular complexity index is 619. The molecule has 0 fully saturated rings. The lowest BCUT2D eigenvalue weighted by Gasteiger charge is -2.04. The molecule has 0 unspecified atom stereocenters. The van der Waals surface area contributed by atoms with Gasteiger partial charge in [-0.25, -0.2) is 4.79 Å². The highest BCUT2D eigenvalue weighted by molar-refractivity contribution is 6.05. The second kappa shape index (κ2) is 5.34. The van der Waals surface area contributed by atoms with E-state index in [1.807, 2.05) is 0 Å². The normalized spacial score (nSPS) is 10.0. The molecule has 2 rings (SSSR count). The SMILES string of the molecule is COC(=O)c1cccc(C(=O)Nc2cnn(C)c2)c1. The van der Waals surface area contributed by atoms with Gasteiger partial charge in [0.25, 0.3) is 5.91 Å². The highest BCUT2D eigenvalue weighted by atomic mass is 16.5. The number of hydrogen-bond acceptors (Lipinski definition) is 4. The van der Waals surface area contributed by atoms with E-state index >= 15 is 0 Å². The average Bonchev–Trinajstić information content (AvgIpc) is 2.83. The lowest BCUT2D eigenvalue weighted by molar-refractivity contribution is 0.0600. The minimum Gasteiger partial charge on any atom is -0.465 e. The Morgan fingerprint density at radius 1 is 1.32 bits per heavy atom. The van der Waals surface area contributed by atoms with Crippen LogP contribution in [0.5, 0.6) is 0 Å². The number of carbonyl (C=O) groups is 2. The van der Waals surface area contributed by atoms with Crippen LogP contribution in [0.1, 0.15) is 20.7 Å². The van der Waals surface area contributed by atoms with Gasteiger partial charge in [0, 0.05) is 18.8 Å². The summed E-state index contributed by atoms with van der Waals surface area (Å²) in [6.07, 6.45) is 3.23. The number of ether oxygens (including phenoxy) is 1. The molecule has 0 radical (unpaired) electrons. The molecule has 6 heteroatoms. The van der Waals surface area contributed by atoms with Crippen molar-refractivity contribution in [2.75, 3.05) is 12.4 Å². The second-order valence-electron chi connectivity index (χ2n) is 3.93. The van der Waals surface area contributed by atoms with Crippen LogP contribution in [-0.4, -0.2) is 28.8 Å². The van der Waals surface area contributed by atoms with Crippen LogP contribution in [-0.2, 0) is 11.8 Å². The number of nitrogens with one attached hydrogen (secondary N) is 1. The third kappa shape index (κ3) is 2.98. The second-order valence-corrected chi connectivity index (χ2v) is 3.93. The van der Waals surface area contributed by atoms with Crippen molar-refractivity contribution >= 4 is 17.6 Å².